The summed E-state index contributed by atoms with van der Waals surface area (Å²) in [6.45, 7) is 18.5. The van der Waals surface area contributed by atoms with Gasteiger partial charge in [-0.05, 0) is 69.0 Å². The second-order valence-electron chi connectivity index (χ2n) is 6.03. The fourth-order valence-electron chi connectivity index (χ4n) is 1.98. The van der Waals surface area contributed by atoms with Crippen LogP contribution in [-0.2, 0) is 0 Å². The molecule has 0 saturated heterocycles. The highest BCUT2D eigenvalue weighted by Gasteiger charge is 2.12. The van der Waals surface area contributed by atoms with Gasteiger partial charge in [0.15, 0.2) is 0 Å². The van der Waals surface area contributed by atoms with E-state index >= 15 is 0 Å². The van der Waals surface area contributed by atoms with Crippen LogP contribution in [0.25, 0.3) is 11.3 Å². The van der Waals surface area contributed by atoms with Crippen molar-refractivity contribution in [2.75, 3.05) is 0 Å². The lowest BCUT2D eigenvalue weighted by atomic mass is 9.98. The SMILES string of the molecule is C=C/C=C(\C)c1cc(C)cc(C(=C)NC(C)(C)C)c1. The number of rotatable bonds is 4. The molecule has 0 spiro atoms. The Bertz CT molecular complexity index is 513. The van der Waals surface area contributed by atoms with Crippen LogP contribution >= 0.6 is 0 Å². The molecule has 0 aliphatic carbocycles. The van der Waals surface area contributed by atoms with Gasteiger partial charge >= 0.3 is 0 Å². The summed E-state index contributed by atoms with van der Waals surface area (Å²) in [5.41, 5.74) is 5.79. The number of hydrogen-bond acceptors (Lipinski definition) is 1. The van der Waals surface area contributed by atoms with E-state index in [0.717, 1.165) is 11.3 Å². The second kappa shape index (κ2) is 5.92. The van der Waals surface area contributed by atoms with Gasteiger partial charge in [-0.1, -0.05) is 31.4 Å². The molecule has 102 valence electrons. The van der Waals surface area contributed by atoms with Crippen LogP contribution in [-0.4, -0.2) is 5.54 Å². The van der Waals surface area contributed by atoms with Crippen molar-refractivity contribution in [3.05, 3.63) is 60.2 Å². The third kappa shape index (κ3) is 4.78. The molecule has 0 heterocycles. The first-order chi connectivity index (χ1) is 8.73. The molecule has 0 bridgehead atoms. The minimum absolute atomic E-state index is 0.0208. The predicted octanol–water partition coefficient (Wildman–Crippen LogP) is 4.94. The number of allylic oxidation sites excluding steroid dienone is 3. The van der Waals surface area contributed by atoms with Crippen LogP contribution in [0, 0.1) is 6.92 Å². The Kier molecular flexibility index (Phi) is 4.77. The minimum Gasteiger partial charge on any atom is -0.380 e. The van der Waals surface area contributed by atoms with E-state index in [1.807, 2.05) is 12.2 Å². The Morgan fingerprint density at radius 1 is 1.16 bits per heavy atom. The van der Waals surface area contributed by atoms with Crippen molar-refractivity contribution >= 4 is 11.3 Å². The average Bonchev–Trinajstić information content (AvgIpc) is 2.26. The van der Waals surface area contributed by atoms with Crippen LogP contribution in [0.5, 0.6) is 0 Å². The molecule has 1 aromatic rings. The van der Waals surface area contributed by atoms with Gasteiger partial charge in [0.2, 0.25) is 0 Å². The topological polar surface area (TPSA) is 12.0 Å². The van der Waals surface area contributed by atoms with Crippen LogP contribution in [0.1, 0.15) is 44.4 Å². The zero-order valence-corrected chi connectivity index (χ0v) is 12.8. The Labute approximate surface area is 117 Å². The summed E-state index contributed by atoms with van der Waals surface area (Å²) < 4.78 is 0. The largest absolute Gasteiger partial charge is 0.380 e. The number of nitrogens with one attached hydrogen (secondary N) is 1. The van der Waals surface area contributed by atoms with Crippen molar-refractivity contribution < 1.29 is 0 Å². The summed E-state index contributed by atoms with van der Waals surface area (Å²) in [6, 6.07) is 6.51. The molecule has 1 nitrogen and oxygen atoms in total. The number of aryl methyl sites for hydroxylation is 1. The predicted molar refractivity (Wildman–Crippen MR) is 86.9 cm³/mol. The van der Waals surface area contributed by atoms with Crippen LogP contribution in [0.15, 0.2) is 43.5 Å². The van der Waals surface area contributed by atoms with E-state index in [9.17, 15) is 0 Å². The molecule has 0 saturated carbocycles. The lowest BCUT2D eigenvalue weighted by Crippen LogP contribution is -2.33. The molecule has 0 radical (unpaired) electrons. The normalized spacial score (nSPS) is 12.2. The maximum atomic E-state index is 4.15. The summed E-state index contributed by atoms with van der Waals surface area (Å²) in [7, 11) is 0. The highest BCUT2D eigenvalue weighted by atomic mass is 15.0. The standard InChI is InChI=1S/C18H25N/c1-8-9-14(3)16-10-13(2)11-17(12-16)15(4)19-18(5,6)7/h8-12,19H,1,4H2,2-3,5-7H3/b14-9+. The molecular weight excluding hydrogens is 230 g/mol. The lowest BCUT2D eigenvalue weighted by Gasteiger charge is -2.24. The van der Waals surface area contributed by atoms with Crippen LogP contribution in [0.3, 0.4) is 0 Å². The van der Waals surface area contributed by atoms with Crippen molar-refractivity contribution in [1.29, 1.82) is 0 Å². The molecule has 1 rings (SSSR count). The third-order valence-electron chi connectivity index (χ3n) is 2.77. The quantitative estimate of drug-likeness (QED) is 0.751. The molecule has 1 heteroatoms. The van der Waals surface area contributed by atoms with Crippen LogP contribution in [0.2, 0.25) is 0 Å². The second-order valence-corrected chi connectivity index (χ2v) is 6.03. The first-order valence-electron chi connectivity index (χ1n) is 6.62. The molecule has 0 fully saturated rings. The third-order valence-corrected chi connectivity index (χ3v) is 2.77. The van der Waals surface area contributed by atoms with E-state index in [-0.39, 0.29) is 5.54 Å². The van der Waals surface area contributed by atoms with E-state index in [2.05, 4.69) is 71.3 Å². The van der Waals surface area contributed by atoms with Gasteiger partial charge in [-0.15, -0.1) is 0 Å². The monoisotopic (exact) mass is 255 g/mol. The molecule has 0 unspecified atom stereocenters. The summed E-state index contributed by atoms with van der Waals surface area (Å²) >= 11 is 0. The molecule has 0 atom stereocenters. The first kappa shape index (κ1) is 15.3. The van der Waals surface area contributed by atoms with Gasteiger partial charge in [0.05, 0.1) is 0 Å². The van der Waals surface area contributed by atoms with E-state index < -0.39 is 0 Å². The van der Waals surface area contributed by atoms with Crippen molar-refractivity contribution in [2.24, 2.45) is 0 Å². The Balaban J connectivity index is 3.13. The van der Waals surface area contributed by atoms with Crippen LogP contribution in [0.4, 0.5) is 0 Å². The maximum absolute atomic E-state index is 4.15. The molecule has 0 aromatic heterocycles. The van der Waals surface area contributed by atoms with Crippen molar-refractivity contribution in [1.82, 2.24) is 5.32 Å². The smallest absolute Gasteiger partial charge is 0.0345 e. The fourth-order valence-corrected chi connectivity index (χ4v) is 1.98. The van der Waals surface area contributed by atoms with Gasteiger partial charge in [0.1, 0.15) is 0 Å². The van der Waals surface area contributed by atoms with Gasteiger partial charge in [0, 0.05) is 11.2 Å². The molecular formula is C18H25N. The molecule has 0 amide bonds. The van der Waals surface area contributed by atoms with Gasteiger partial charge in [-0.25, -0.2) is 0 Å². The molecule has 1 aromatic carbocycles. The first-order valence-corrected chi connectivity index (χ1v) is 6.62. The zero-order valence-electron chi connectivity index (χ0n) is 12.8. The van der Waals surface area contributed by atoms with E-state index in [1.54, 1.807) is 0 Å². The number of hydrogen-bond donors (Lipinski definition) is 1. The molecule has 1 N–H and O–H groups in total. The zero-order chi connectivity index (χ0) is 14.6. The minimum atomic E-state index is 0.0208. The van der Waals surface area contributed by atoms with Crippen molar-refractivity contribution in [2.45, 2.75) is 40.2 Å². The van der Waals surface area contributed by atoms with Crippen molar-refractivity contribution in [3.8, 4) is 0 Å². The summed E-state index contributed by atoms with van der Waals surface area (Å²) in [5, 5.41) is 3.43. The van der Waals surface area contributed by atoms with Gasteiger partial charge in [0.25, 0.3) is 0 Å². The highest BCUT2D eigenvalue weighted by molar-refractivity contribution is 5.71. The number of benzene rings is 1. The van der Waals surface area contributed by atoms with E-state index in [0.29, 0.717) is 0 Å². The summed E-state index contributed by atoms with van der Waals surface area (Å²) in [4.78, 5) is 0. The molecule has 0 aliphatic rings. The summed E-state index contributed by atoms with van der Waals surface area (Å²) in [6.07, 6.45) is 3.85. The van der Waals surface area contributed by atoms with E-state index in [1.165, 1.54) is 16.7 Å². The van der Waals surface area contributed by atoms with Gasteiger partial charge < -0.3 is 5.32 Å². The van der Waals surface area contributed by atoms with Gasteiger partial charge in [-0.3, -0.25) is 0 Å². The fraction of sp³-hybridized carbons (Fsp3) is 0.333. The van der Waals surface area contributed by atoms with Crippen molar-refractivity contribution in [3.63, 3.8) is 0 Å². The summed E-state index contributed by atoms with van der Waals surface area (Å²) in [5.74, 6) is 0. The highest BCUT2D eigenvalue weighted by Crippen LogP contribution is 2.22. The average molecular weight is 255 g/mol. The van der Waals surface area contributed by atoms with Crippen LogP contribution < -0.4 is 5.32 Å². The van der Waals surface area contributed by atoms with Gasteiger partial charge in [-0.2, -0.15) is 0 Å². The lowest BCUT2D eigenvalue weighted by molar-refractivity contribution is 0.502. The molecule has 19 heavy (non-hydrogen) atoms. The Morgan fingerprint density at radius 2 is 1.74 bits per heavy atom. The molecule has 0 aliphatic heterocycles. The Morgan fingerprint density at radius 3 is 2.26 bits per heavy atom. The Hall–Kier alpha value is -1.76. The van der Waals surface area contributed by atoms with E-state index in [4.69, 9.17) is 0 Å². The maximum Gasteiger partial charge on any atom is 0.0345 e.